The molecule has 0 saturated carbocycles. The molecule has 1 atom stereocenters. The second kappa shape index (κ2) is 4.52. The lowest BCUT2D eigenvalue weighted by Gasteiger charge is -2.09. The number of hydrogen-bond donors (Lipinski definition) is 1. The average Bonchev–Trinajstić information content (AvgIpc) is 2.88. The molecule has 1 heterocycles. The molecule has 2 N–H and O–H groups in total. The van der Waals surface area contributed by atoms with Gasteiger partial charge in [0, 0.05) is 9.35 Å². The largest absolute Gasteiger partial charge is 0.318 e. The summed E-state index contributed by atoms with van der Waals surface area (Å²) in [7, 11) is 0. The molecular weight excluding hydrogens is 296 g/mol. The van der Waals surface area contributed by atoms with Crippen LogP contribution in [-0.4, -0.2) is 4.98 Å². The smallest absolute Gasteiger partial charge is 0.114 e. The number of hydrogen-bond acceptors (Lipinski definition) is 3. The number of aromatic nitrogens is 1. The van der Waals surface area contributed by atoms with E-state index in [-0.39, 0.29) is 6.04 Å². The number of thiazole rings is 1. The molecule has 1 aliphatic rings. The Labute approximate surface area is 113 Å². The van der Waals surface area contributed by atoms with E-state index in [2.05, 4.69) is 33.0 Å². The standard InChI is InChI=1S/C13H13BrN2S/c14-9-4-1-3-8(7-9)12(15)13-16-10-5-2-6-11(10)17-13/h1,3-4,7,12H,2,5-6,15H2. The van der Waals surface area contributed by atoms with Crippen LogP contribution in [-0.2, 0) is 12.8 Å². The van der Waals surface area contributed by atoms with Gasteiger partial charge in [-0.3, -0.25) is 0 Å². The van der Waals surface area contributed by atoms with Crippen molar-refractivity contribution in [1.29, 1.82) is 0 Å². The number of nitrogens with zero attached hydrogens (tertiary/aromatic N) is 1. The minimum absolute atomic E-state index is 0.0944. The molecule has 1 aromatic heterocycles. The highest BCUT2D eigenvalue weighted by Gasteiger charge is 2.20. The van der Waals surface area contributed by atoms with Gasteiger partial charge in [0.25, 0.3) is 0 Å². The highest BCUT2D eigenvalue weighted by molar-refractivity contribution is 9.10. The Bertz CT molecular complexity index is 529. The maximum atomic E-state index is 6.27. The molecule has 1 aliphatic carbocycles. The van der Waals surface area contributed by atoms with Gasteiger partial charge in [-0.1, -0.05) is 28.1 Å². The van der Waals surface area contributed by atoms with E-state index in [9.17, 15) is 0 Å². The van der Waals surface area contributed by atoms with Crippen LogP contribution in [0.4, 0.5) is 0 Å². The summed E-state index contributed by atoms with van der Waals surface area (Å²) in [6.07, 6.45) is 3.55. The molecule has 0 aliphatic heterocycles. The third-order valence-electron chi connectivity index (χ3n) is 3.09. The molecule has 1 aromatic carbocycles. The topological polar surface area (TPSA) is 38.9 Å². The quantitative estimate of drug-likeness (QED) is 0.923. The van der Waals surface area contributed by atoms with Crippen LogP contribution >= 0.6 is 27.3 Å². The van der Waals surface area contributed by atoms with Gasteiger partial charge in [-0.15, -0.1) is 11.3 Å². The second-order valence-corrected chi connectivity index (χ2v) is 6.34. The Morgan fingerprint density at radius 1 is 1.35 bits per heavy atom. The molecule has 0 amide bonds. The first-order valence-corrected chi connectivity index (χ1v) is 7.34. The van der Waals surface area contributed by atoms with Crippen LogP contribution < -0.4 is 5.73 Å². The SMILES string of the molecule is NC(c1cccc(Br)c1)c1nc2c(s1)CCC2. The molecular formula is C13H13BrN2S. The monoisotopic (exact) mass is 308 g/mol. The van der Waals surface area contributed by atoms with E-state index >= 15 is 0 Å². The minimum Gasteiger partial charge on any atom is -0.318 e. The summed E-state index contributed by atoms with van der Waals surface area (Å²) in [6, 6.07) is 8.06. The molecule has 17 heavy (non-hydrogen) atoms. The van der Waals surface area contributed by atoms with Crippen molar-refractivity contribution >= 4 is 27.3 Å². The van der Waals surface area contributed by atoms with Crippen molar-refractivity contribution in [3.05, 3.63) is 49.9 Å². The summed E-state index contributed by atoms with van der Waals surface area (Å²) < 4.78 is 1.06. The van der Waals surface area contributed by atoms with Gasteiger partial charge in [-0.05, 0) is 37.0 Å². The summed E-state index contributed by atoms with van der Waals surface area (Å²) in [5.41, 5.74) is 8.66. The van der Waals surface area contributed by atoms with Crippen molar-refractivity contribution in [1.82, 2.24) is 4.98 Å². The molecule has 0 bridgehead atoms. The van der Waals surface area contributed by atoms with Gasteiger partial charge < -0.3 is 5.73 Å². The van der Waals surface area contributed by atoms with Crippen molar-refractivity contribution in [3.63, 3.8) is 0 Å². The third kappa shape index (κ3) is 2.17. The molecule has 0 saturated heterocycles. The Kier molecular flexibility index (Phi) is 3.03. The molecule has 4 heteroatoms. The normalized spacial score (nSPS) is 15.9. The fraction of sp³-hybridized carbons (Fsp3) is 0.308. The predicted molar refractivity (Wildman–Crippen MR) is 74.3 cm³/mol. The average molecular weight is 309 g/mol. The molecule has 2 nitrogen and oxygen atoms in total. The lowest BCUT2D eigenvalue weighted by Crippen LogP contribution is -2.11. The van der Waals surface area contributed by atoms with Crippen molar-refractivity contribution in [2.45, 2.75) is 25.3 Å². The van der Waals surface area contributed by atoms with E-state index in [0.29, 0.717) is 0 Å². The summed E-state index contributed by atoms with van der Waals surface area (Å²) >= 11 is 5.25. The molecule has 0 radical (unpaired) electrons. The van der Waals surface area contributed by atoms with Crippen molar-refractivity contribution in [2.24, 2.45) is 5.73 Å². The first kappa shape index (κ1) is 11.4. The van der Waals surface area contributed by atoms with Gasteiger partial charge in [0.15, 0.2) is 0 Å². The van der Waals surface area contributed by atoms with Gasteiger partial charge in [0.05, 0.1) is 11.7 Å². The second-order valence-electron chi connectivity index (χ2n) is 4.31. The Hall–Kier alpha value is -0.710. The lowest BCUT2D eigenvalue weighted by atomic mass is 10.1. The zero-order chi connectivity index (χ0) is 11.8. The summed E-state index contributed by atoms with van der Waals surface area (Å²) in [5, 5.41) is 1.05. The summed E-state index contributed by atoms with van der Waals surface area (Å²) in [6.45, 7) is 0. The Balaban J connectivity index is 1.93. The van der Waals surface area contributed by atoms with Gasteiger partial charge in [-0.2, -0.15) is 0 Å². The highest BCUT2D eigenvalue weighted by atomic mass is 79.9. The van der Waals surface area contributed by atoms with Gasteiger partial charge in [-0.25, -0.2) is 4.98 Å². The van der Waals surface area contributed by atoms with E-state index in [1.165, 1.54) is 23.4 Å². The summed E-state index contributed by atoms with van der Waals surface area (Å²) in [5.74, 6) is 0. The van der Waals surface area contributed by atoms with Crippen LogP contribution in [0.1, 0.15) is 33.6 Å². The third-order valence-corrected chi connectivity index (χ3v) is 4.82. The van der Waals surface area contributed by atoms with E-state index in [1.54, 1.807) is 11.3 Å². The minimum atomic E-state index is -0.0944. The van der Waals surface area contributed by atoms with E-state index in [4.69, 9.17) is 5.73 Å². The Morgan fingerprint density at radius 2 is 2.24 bits per heavy atom. The van der Waals surface area contributed by atoms with Gasteiger partial charge in [0.2, 0.25) is 0 Å². The predicted octanol–water partition coefficient (Wildman–Crippen LogP) is 3.44. The molecule has 1 unspecified atom stereocenters. The lowest BCUT2D eigenvalue weighted by molar-refractivity contribution is 0.833. The molecule has 0 spiro atoms. The van der Waals surface area contributed by atoms with Crippen LogP contribution in [0.3, 0.4) is 0 Å². The molecule has 3 rings (SSSR count). The highest BCUT2D eigenvalue weighted by Crippen LogP contribution is 2.32. The molecule has 2 aromatic rings. The van der Waals surface area contributed by atoms with E-state index in [0.717, 1.165) is 21.5 Å². The first-order valence-electron chi connectivity index (χ1n) is 5.73. The number of rotatable bonds is 2. The molecule has 0 fully saturated rings. The van der Waals surface area contributed by atoms with Crippen molar-refractivity contribution in [2.75, 3.05) is 0 Å². The van der Waals surface area contributed by atoms with Crippen LogP contribution in [0.15, 0.2) is 28.7 Å². The zero-order valence-corrected chi connectivity index (χ0v) is 11.7. The number of nitrogens with two attached hydrogens (primary N) is 1. The maximum Gasteiger partial charge on any atom is 0.114 e. The summed E-state index contributed by atoms with van der Waals surface area (Å²) in [4.78, 5) is 6.11. The maximum absolute atomic E-state index is 6.27. The number of halogens is 1. The van der Waals surface area contributed by atoms with Crippen molar-refractivity contribution < 1.29 is 0 Å². The van der Waals surface area contributed by atoms with Crippen molar-refractivity contribution in [3.8, 4) is 0 Å². The first-order chi connectivity index (χ1) is 8.24. The van der Waals surface area contributed by atoms with Gasteiger partial charge >= 0.3 is 0 Å². The molecule has 88 valence electrons. The van der Waals surface area contributed by atoms with Crippen LogP contribution in [0.5, 0.6) is 0 Å². The van der Waals surface area contributed by atoms with Crippen LogP contribution in [0.25, 0.3) is 0 Å². The fourth-order valence-corrected chi connectivity index (χ4v) is 3.79. The Morgan fingerprint density at radius 3 is 3.00 bits per heavy atom. The zero-order valence-electron chi connectivity index (χ0n) is 9.32. The van der Waals surface area contributed by atoms with E-state index in [1.807, 2.05) is 12.1 Å². The van der Waals surface area contributed by atoms with Crippen LogP contribution in [0.2, 0.25) is 0 Å². The number of aryl methyl sites for hydroxylation is 2. The number of benzene rings is 1. The van der Waals surface area contributed by atoms with Gasteiger partial charge in [0.1, 0.15) is 5.01 Å². The number of fused-ring (bicyclic) bond motifs is 1. The fourth-order valence-electron chi connectivity index (χ4n) is 2.19. The van der Waals surface area contributed by atoms with E-state index < -0.39 is 0 Å². The van der Waals surface area contributed by atoms with Crippen LogP contribution in [0, 0.1) is 0 Å².